The van der Waals surface area contributed by atoms with E-state index in [0.717, 1.165) is 65.0 Å². The number of hydrogen-bond donors (Lipinski definition) is 1. The molecule has 3 aliphatic heterocycles. The molecule has 3 fully saturated rings. The molecule has 170 valence electrons. The molecule has 0 unspecified atom stereocenters. The fourth-order valence-electron chi connectivity index (χ4n) is 4.66. The van der Waals surface area contributed by atoms with E-state index in [1.807, 2.05) is 9.80 Å². The van der Waals surface area contributed by atoms with Crippen molar-refractivity contribution in [2.24, 2.45) is 5.41 Å². The molecule has 7 nitrogen and oxygen atoms in total. The van der Waals surface area contributed by atoms with E-state index in [-0.39, 0.29) is 42.0 Å². The zero-order chi connectivity index (χ0) is 19.1. The van der Waals surface area contributed by atoms with Crippen LogP contribution >= 0.6 is 24.8 Å². The number of carbonyl (C=O) groups is 2. The number of nitrogens with one attached hydrogen (secondary N) is 1. The molecule has 1 N–H and O–H groups in total. The van der Waals surface area contributed by atoms with E-state index in [2.05, 4.69) is 10.2 Å². The van der Waals surface area contributed by atoms with Gasteiger partial charge in [0.2, 0.25) is 11.8 Å². The molecular weight excluding hydrogens is 415 g/mol. The predicted octanol–water partition coefficient (Wildman–Crippen LogP) is 1.39. The van der Waals surface area contributed by atoms with Crippen LogP contribution in [0.3, 0.4) is 0 Å². The number of amides is 2. The minimum Gasteiger partial charge on any atom is -0.384 e. The topological polar surface area (TPSA) is 65.1 Å². The van der Waals surface area contributed by atoms with Crippen molar-refractivity contribution in [3.8, 4) is 0 Å². The van der Waals surface area contributed by atoms with E-state index >= 15 is 0 Å². The lowest BCUT2D eigenvalue weighted by molar-refractivity contribution is -0.149. The van der Waals surface area contributed by atoms with Crippen molar-refractivity contribution in [2.75, 3.05) is 72.6 Å². The van der Waals surface area contributed by atoms with Crippen LogP contribution in [0.2, 0.25) is 0 Å². The highest BCUT2D eigenvalue weighted by atomic mass is 35.5. The van der Waals surface area contributed by atoms with Crippen LogP contribution in [0.25, 0.3) is 0 Å². The lowest BCUT2D eigenvalue weighted by Gasteiger charge is -2.42. The van der Waals surface area contributed by atoms with Crippen molar-refractivity contribution in [1.29, 1.82) is 0 Å². The average molecular weight is 453 g/mol. The highest BCUT2D eigenvalue weighted by Gasteiger charge is 2.42. The molecule has 29 heavy (non-hydrogen) atoms. The molecule has 0 atom stereocenters. The fourth-order valence-corrected chi connectivity index (χ4v) is 4.66. The number of ether oxygens (including phenoxy) is 1. The molecule has 3 saturated heterocycles. The van der Waals surface area contributed by atoms with Crippen molar-refractivity contribution >= 4 is 36.6 Å². The van der Waals surface area contributed by atoms with E-state index in [1.165, 1.54) is 12.8 Å². The van der Waals surface area contributed by atoms with Crippen LogP contribution in [0.4, 0.5) is 0 Å². The molecule has 0 bridgehead atoms. The number of nitrogens with zero attached hydrogens (tertiary/aromatic N) is 3. The first-order chi connectivity index (χ1) is 13.1. The average Bonchev–Trinajstić information content (AvgIpc) is 2.99. The number of carbonyl (C=O) groups excluding carboxylic acids is 2. The lowest BCUT2D eigenvalue weighted by Crippen LogP contribution is -2.57. The van der Waals surface area contributed by atoms with Gasteiger partial charge in [0.15, 0.2) is 0 Å². The molecule has 0 radical (unpaired) electrons. The highest BCUT2D eigenvalue weighted by molar-refractivity contribution is 5.85. The number of hydrogen-bond acceptors (Lipinski definition) is 5. The summed E-state index contributed by atoms with van der Waals surface area (Å²) < 4.78 is 5.41. The van der Waals surface area contributed by atoms with Crippen molar-refractivity contribution in [3.05, 3.63) is 0 Å². The Morgan fingerprint density at radius 3 is 2.00 bits per heavy atom. The normalized spacial score (nSPS) is 22.8. The second kappa shape index (κ2) is 13.0. The van der Waals surface area contributed by atoms with Gasteiger partial charge in [0.05, 0.1) is 18.6 Å². The van der Waals surface area contributed by atoms with E-state index in [9.17, 15) is 9.59 Å². The third kappa shape index (κ3) is 6.96. The number of piperidine rings is 1. The highest BCUT2D eigenvalue weighted by Crippen LogP contribution is 2.32. The maximum atomic E-state index is 13.2. The van der Waals surface area contributed by atoms with E-state index in [0.29, 0.717) is 26.2 Å². The maximum Gasteiger partial charge on any atom is 0.236 e. The summed E-state index contributed by atoms with van der Waals surface area (Å²) in [6.45, 7) is 7.56. The molecular formula is C20H38Cl2N4O3. The van der Waals surface area contributed by atoms with E-state index in [4.69, 9.17) is 4.74 Å². The van der Waals surface area contributed by atoms with Crippen LogP contribution in [0.5, 0.6) is 0 Å². The zero-order valence-corrected chi connectivity index (χ0v) is 19.3. The van der Waals surface area contributed by atoms with Crippen LogP contribution in [0, 0.1) is 5.41 Å². The van der Waals surface area contributed by atoms with E-state index in [1.54, 1.807) is 7.11 Å². The Labute approximate surface area is 187 Å². The summed E-state index contributed by atoms with van der Waals surface area (Å²) in [7, 11) is 1.68. The first-order valence-corrected chi connectivity index (χ1v) is 10.6. The SMILES string of the molecule is COCC1(C(=O)N2CCN(CC(=O)N3CCCCCC3)CC2)CCNCC1.Cl.Cl. The molecule has 2 amide bonds. The van der Waals surface area contributed by atoms with Crippen LogP contribution in [0.15, 0.2) is 0 Å². The first-order valence-electron chi connectivity index (χ1n) is 10.6. The van der Waals surface area contributed by atoms with E-state index < -0.39 is 0 Å². The van der Waals surface area contributed by atoms with Crippen LogP contribution in [0.1, 0.15) is 38.5 Å². The number of rotatable bonds is 5. The molecule has 9 heteroatoms. The van der Waals surface area contributed by atoms with Gasteiger partial charge in [0.1, 0.15) is 0 Å². The number of likely N-dealkylation sites (tertiary alicyclic amines) is 1. The molecule has 3 aliphatic rings. The fraction of sp³-hybridized carbons (Fsp3) is 0.900. The van der Waals surface area contributed by atoms with Crippen molar-refractivity contribution < 1.29 is 14.3 Å². The monoisotopic (exact) mass is 452 g/mol. The van der Waals surface area contributed by atoms with Crippen molar-refractivity contribution in [2.45, 2.75) is 38.5 Å². The summed E-state index contributed by atoms with van der Waals surface area (Å²) in [5.74, 6) is 0.496. The standard InChI is InChI=1S/C20H36N4O3.2ClH/c1-27-17-20(6-8-21-9-7-20)19(26)24-14-12-22(13-15-24)16-18(25)23-10-4-2-3-5-11-23;;/h21H,2-17H2,1H3;2*1H. The minimum atomic E-state index is -0.371. The number of piperazine rings is 1. The summed E-state index contributed by atoms with van der Waals surface area (Å²) in [5, 5.41) is 3.34. The quantitative estimate of drug-likeness (QED) is 0.682. The van der Waals surface area contributed by atoms with Gasteiger partial charge in [-0.25, -0.2) is 0 Å². The van der Waals surface area contributed by atoms with Gasteiger partial charge in [-0.15, -0.1) is 24.8 Å². The Balaban J connectivity index is 0.00000210. The molecule has 0 aromatic heterocycles. The lowest BCUT2D eigenvalue weighted by atomic mass is 9.78. The Kier molecular flexibility index (Phi) is 11.8. The second-order valence-electron chi connectivity index (χ2n) is 8.33. The van der Waals surface area contributed by atoms with Gasteiger partial charge >= 0.3 is 0 Å². The molecule has 0 aromatic carbocycles. The number of methoxy groups -OCH3 is 1. The molecule has 3 heterocycles. The Bertz CT molecular complexity index is 496. The smallest absolute Gasteiger partial charge is 0.236 e. The van der Waals surface area contributed by atoms with Gasteiger partial charge in [-0.05, 0) is 38.8 Å². The van der Waals surface area contributed by atoms with Crippen molar-refractivity contribution in [3.63, 3.8) is 0 Å². The van der Waals surface area contributed by atoms with Gasteiger partial charge in [-0.1, -0.05) is 12.8 Å². The van der Waals surface area contributed by atoms with Gasteiger partial charge in [-0.2, -0.15) is 0 Å². The van der Waals surface area contributed by atoms with Gasteiger partial charge in [-0.3, -0.25) is 14.5 Å². The summed E-state index contributed by atoms with van der Waals surface area (Å²) in [6, 6.07) is 0. The summed E-state index contributed by atoms with van der Waals surface area (Å²) >= 11 is 0. The predicted molar refractivity (Wildman–Crippen MR) is 119 cm³/mol. The molecule has 0 saturated carbocycles. The molecule has 0 aliphatic carbocycles. The Morgan fingerprint density at radius 1 is 0.862 bits per heavy atom. The second-order valence-corrected chi connectivity index (χ2v) is 8.33. The molecule has 0 aromatic rings. The third-order valence-corrected chi connectivity index (χ3v) is 6.41. The van der Waals surface area contributed by atoms with Crippen LogP contribution in [-0.2, 0) is 14.3 Å². The zero-order valence-electron chi connectivity index (χ0n) is 17.7. The van der Waals surface area contributed by atoms with Gasteiger partial charge < -0.3 is 19.9 Å². The van der Waals surface area contributed by atoms with Gasteiger partial charge in [0, 0.05) is 46.4 Å². The van der Waals surface area contributed by atoms with Crippen LogP contribution in [-0.4, -0.2) is 99.1 Å². The van der Waals surface area contributed by atoms with Crippen molar-refractivity contribution in [1.82, 2.24) is 20.0 Å². The van der Waals surface area contributed by atoms with Gasteiger partial charge in [0.25, 0.3) is 0 Å². The first kappa shape index (κ1) is 26.4. The third-order valence-electron chi connectivity index (χ3n) is 6.41. The largest absolute Gasteiger partial charge is 0.384 e. The Hall–Kier alpha value is -0.600. The minimum absolute atomic E-state index is 0. The number of halogens is 2. The summed E-state index contributed by atoms with van der Waals surface area (Å²) in [5.41, 5.74) is -0.371. The van der Waals surface area contributed by atoms with Crippen LogP contribution < -0.4 is 5.32 Å². The Morgan fingerprint density at radius 2 is 1.45 bits per heavy atom. The summed E-state index contributed by atoms with van der Waals surface area (Å²) in [6.07, 6.45) is 6.42. The molecule has 0 spiro atoms. The molecule has 3 rings (SSSR count). The summed E-state index contributed by atoms with van der Waals surface area (Å²) in [4.78, 5) is 32.0. The maximum absolute atomic E-state index is 13.2.